The zero-order valence-electron chi connectivity index (χ0n) is 11.9. The summed E-state index contributed by atoms with van der Waals surface area (Å²) in [6.07, 6.45) is 2.10. The molecule has 1 aromatic rings. The van der Waals surface area contributed by atoms with Gasteiger partial charge in [0.05, 0.1) is 0 Å². The van der Waals surface area contributed by atoms with Crippen LogP contribution in [-0.4, -0.2) is 37.0 Å². The van der Waals surface area contributed by atoms with Gasteiger partial charge in [0.25, 0.3) is 5.91 Å². The van der Waals surface area contributed by atoms with Gasteiger partial charge in [-0.15, -0.1) is 12.4 Å². The van der Waals surface area contributed by atoms with Crippen LogP contribution in [0.25, 0.3) is 0 Å². The van der Waals surface area contributed by atoms with Crippen molar-refractivity contribution in [2.24, 2.45) is 0 Å². The zero-order valence-corrected chi connectivity index (χ0v) is 12.7. The molecule has 0 radical (unpaired) electrons. The maximum absolute atomic E-state index is 12.4. The number of nitrogens with one attached hydrogen (secondary N) is 1. The van der Waals surface area contributed by atoms with E-state index in [-0.39, 0.29) is 18.3 Å². The van der Waals surface area contributed by atoms with E-state index in [4.69, 9.17) is 0 Å². The van der Waals surface area contributed by atoms with E-state index < -0.39 is 0 Å². The first kappa shape index (κ1) is 16.0. The van der Waals surface area contributed by atoms with Crippen LogP contribution in [0.3, 0.4) is 0 Å². The summed E-state index contributed by atoms with van der Waals surface area (Å²) in [4.78, 5) is 14.4. The SMILES string of the molecule is CNC1CCN(C(=O)c2cc(C)cc(C)c2)CC1.Cl. The molecule has 0 aliphatic carbocycles. The van der Waals surface area contributed by atoms with Crippen LogP contribution in [0, 0.1) is 13.8 Å². The maximum atomic E-state index is 12.4. The minimum absolute atomic E-state index is 0. The number of hydrogen-bond donors (Lipinski definition) is 1. The minimum atomic E-state index is 0. The van der Waals surface area contributed by atoms with Gasteiger partial charge in [-0.3, -0.25) is 4.79 Å². The van der Waals surface area contributed by atoms with Crippen LogP contribution in [0.2, 0.25) is 0 Å². The highest BCUT2D eigenvalue weighted by atomic mass is 35.5. The number of carbonyl (C=O) groups excluding carboxylic acids is 1. The van der Waals surface area contributed by atoms with Crippen molar-refractivity contribution in [1.82, 2.24) is 10.2 Å². The van der Waals surface area contributed by atoms with E-state index in [1.807, 2.05) is 37.9 Å². The summed E-state index contributed by atoms with van der Waals surface area (Å²) in [6, 6.07) is 6.64. The van der Waals surface area contributed by atoms with E-state index in [0.717, 1.165) is 42.6 Å². The van der Waals surface area contributed by atoms with E-state index in [1.165, 1.54) is 0 Å². The van der Waals surface area contributed by atoms with Crippen LogP contribution in [0.1, 0.15) is 34.3 Å². The first-order valence-electron chi connectivity index (χ1n) is 6.65. The molecule has 19 heavy (non-hydrogen) atoms. The predicted octanol–water partition coefficient (Wildman–Crippen LogP) is 2.55. The van der Waals surface area contributed by atoms with Crippen LogP contribution >= 0.6 is 12.4 Å². The average molecular weight is 283 g/mol. The topological polar surface area (TPSA) is 32.3 Å². The van der Waals surface area contributed by atoms with Crippen molar-refractivity contribution >= 4 is 18.3 Å². The van der Waals surface area contributed by atoms with Crippen molar-refractivity contribution in [3.8, 4) is 0 Å². The fraction of sp³-hybridized carbons (Fsp3) is 0.533. The molecule has 4 heteroatoms. The lowest BCUT2D eigenvalue weighted by molar-refractivity contribution is 0.0707. The van der Waals surface area contributed by atoms with E-state index in [2.05, 4.69) is 11.4 Å². The van der Waals surface area contributed by atoms with Gasteiger partial charge in [0.15, 0.2) is 0 Å². The molecule has 1 aromatic carbocycles. The van der Waals surface area contributed by atoms with E-state index in [1.54, 1.807) is 0 Å². The second-order valence-electron chi connectivity index (χ2n) is 5.23. The van der Waals surface area contributed by atoms with Gasteiger partial charge in [0.2, 0.25) is 0 Å². The van der Waals surface area contributed by atoms with Crippen molar-refractivity contribution in [2.75, 3.05) is 20.1 Å². The summed E-state index contributed by atoms with van der Waals surface area (Å²) in [6.45, 7) is 5.79. The summed E-state index contributed by atoms with van der Waals surface area (Å²) in [7, 11) is 1.99. The van der Waals surface area contributed by atoms with Crippen molar-refractivity contribution in [3.63, 3.8) is 0 Å². The Morgan fingerprint density at radius 3 is 2.16 bits per heavy atom. The lowest BCUT2D eigenvalue weighted by Crippen LogP contribution is -2.43. The molecule has 1 saturated heterocycles. The molecule has 2 rings (SSSR count). The average Bonchev–Trinajstić information content (AvgIpc) is 2.37. The predicted molar refractivity (Wildman–Crippen MR) is 81.1 cm³/mol. The molecule has 0 saturated carbocycles. The largest absolute Gasteiger partial charge is 0.339 e. The second-order valence-corrected chi connectivity index (χ2v) is 5.23. The number of benzene rings is 1. The lowest BCUT2D eigenvalue weighted by Gasteiger charge is -2.32. The van der Waals surface area contributed by atoms with Crippen LogP contribution in [0.5, 0.6) is 0 Å². The Kier molecular flexibility index (Phi) is 5.83. The van der Waals surface area contributed by atoms with Crippen molar-refractivity contribution < 1.29 is 4.79 Å². The molecule has 1 heterocycles. The molecule has 0 spiro atoms. The smallest absolute Gasteiger partial charge is 0.253 e. The van der Waals surface area contributed by atoms with Gasteiger partial charge < -0.3 is 10.2 Å². The highest BCUT2D eigenvalue weighted by molar-refractivity contribution is 5.94. The maximum Gasteiger partial charge on any atom is 0.253 e. The number of carbonyl (C=O) groups is 1. The molecule has 0 bridgehead atoms. The third kappa shape index (κ3) is 3.95. The van der Waals surface area contributed by atoms with Gasteiger partial charge in [-0.2, -0.15) is 0 Å². The molecule has 1 aliphatic heterocycles. The van der Waals surface area contributed by atoms with Crippen LogP contribution in [0.15, 0.2) is 18.2 Å². The van der Waals surface area contributed by atoms with Crippen LogP contribution < -0.4 is 5.32 Å². The molecule has 3 nitrogen and oxygen atoms in total. The number of amides is 1. The summed E-state index contributed by atoms with van der Waals surface area (Å²) in [5.41, 5.74) is 3.14. The first-order chi connectivity index (χ1) is 8.60. The number of likely N-dealkylation sites (tertiary alicyclic amines) is 1. The van der Waals surface area contributed by atoms with Crippen molar-refractivity contribution in [2.45, 2.75) is 32.7 Å². The first-order valence-corrected chi connectivity index (χ1v) is 6.65. The highest BCUT2D eigenvalue weighted by Crippen LogP contribution is 2.16. The third-order valence-electron chi connectivity index (χ3n) is 3.66. The molecule has 1 aliphatic rings. The third-order valence-corrected chi connectivity index (χ3v) is 3.66. The number of hydrogen-bond acceptors (Lipinski definition) is 2. The summed E-state index contributed by atoms with van der Waals surface area (Å²) in [5, 5.41) is 3.28. The van der Waals surface area contributed by atoms with Crippen LogP contribution in [0.4, 0.5) is 0 Å². The number of halogens is 1. The molecule has 1 fully saturated rings. The second kappa shape index (κ2) is 6.92. The molecular weight excluding hydrogens is 260 g/mol. The van der Waals surface area contributed by atoms with Gasteiger partial charge >= 0.3 is 0 Å². The Bertz CT molecular complexity index is 420. The number of rotatable bonds is 2. The van der Waals surface area contributed by atoms with E-state index >= 15 is 0 Å². The standard InChI is InChI=1S/C15H22N2O.ClH/c1-11-8-12(2)10-13(9-11)15(18)17-6-4-14(16-3)5-7-17;/h8-10,14,16H,4-7H2,1-3H3;1H. The Labute approximate surface area is 121 Å². The Balaban J connectivity index is 0.00000180. The van der Waals surface area contributed by atoms with Gasteiger partial charge in [0, 0.05) is 24.7 Å². The quantitative estimate of drug-likeness (QED) is 0.904. The molecule has 0 atom stereocenters. The number of piperidine rings is 1. The summed E-state index contributed by atoms with van der Waals surface area (Å²) < 4.78 is 0. The number of aryl methyl sites for hydroxylation is 2. The minimum Gasteiger partial charge on any atom is -0.339 e. The van der Waals surface area contributed by atoms with Gasteiger partial charge in [-0.25, -0.2) is 0 Å². The molecule has 0 aromatic heterocycles. The molecular formula is C15H23ClN2O. The van der Waals surface area contributed by atoms with Gasteiger partial charge in [0.1, 0.15) is 0 Å². The molecule has 0 unspecified atom stereocenters. The monoisotopic (exact) mass is 282 g/mol. The zero-order chi connectivity index (χ0) is 13.1. The Morgan fingerprint density at radius 1 is 1.16 bits per heavy atom. The lowest BCUT2D eigenvalue weighted by atomic mass is 10.0. The highest BCUT2D eigenvalue weighted by Gasteiger charge is 2.22. The molecule has 1 amide bonds. The normalized spacial score (nSPS) is 16.1. The van der Waals surface area contributed by atoms with E-state index in [9.17, 15) is 4.79 Å². The van der Waals surface area contributed by atoms with Gasteiger partial charge in [-0.05, 0) is 45.9 Å². The van der Waals surface area contributed by atoms with Crippen LogP contribution in [-0.2, 0) is 0 Å². The molecule has 1 N–H and O–H groups in total. The summed E-state index contributed by atoms with van der Waals surface area (Å²) in [5.74, 6) is 0.177. The van der Waals surface area contributed by atoms with Crippen molar-refractivity contribution in [1.29, 1.82) is 0 Å². The van der Waals surface area contributed by atoms with E-state index in [0.29, 0.717) is 6.04 Å². The van der Waals surface area contributed by atoms with Crippen molar-refractivity contribution in [3.05, 3.63) is 34.9 Å². The van der Waals surface area contributed by atoms with Gasteiger partial charge in [-0.1, -0.05) is 17.2 Å². The summed E-state index contributed by atoms with van der Waals surface area (Å²) >= 11 is 0. The fourth-order valence-electron chi connectivity index (χ4n) is 2.65. The Hall–Kier alpha value is -1.06. The number of nitrogens with zero attached hydrogens (tertiary/aromatic N) is 1. The molecule has 106 valence electrons. The Morgan fingerprint density at radius 2 is 1.68 bits per heavy atom. The fourth-order valence-corrected chi connectivity index (χ4v) is 2.65.